The Labute approximate surface area is 181 Å². The van der Waals surface area contributed by atoms with Gasteiger partial charge < -0.3 is 10.2 Å². The Bertz CT molecular complexity index is 852. The van der Waals surface area contributed by atoms with Crippen LogP contribution in [0, 0.1) is 5.82 Å². The van der Waals surface area contributed by atoms with Crippen molar-refractivity contribution < 1.29 is 14.0 Å². The van der Waals surface area contributed by atoms with Crippen molar-refractivity contribution in [2.45, 2.75) is 6.54 Å². The molecule has 0 radical (unpaired) electrons. The van der Waals surface area contributed by atoms with Gasteiger partial charge in [-0.25, -0.2) is 4.39 Å². The molecule has 3 rings (SSSR count). The molecule has 0 unspecified atom stereocenters. The van der Waals surface area contributed by atoms with E-state index in [2.05, 4.69) is 10.2 Å². The predicted octanol–water partition coefficient (Wildman–Crippen LogP) is 2.69. The summed E-state index contributed by atoms with van der Waals surface area (Å²) in [5, 5.41) is 3.20. The quantitative estimate of drug-likeness (QED) is 0.731. The summed E-state index contributed by atoms with van der Waals surface area (Å²) in [6.45, 7) is 3.51. The van der Waals surface area contributed by atoms with Gasteiger partial charge in [0.1, 0.15) is 5.82 Å². The van der Waals surface area contributed by atoms with Gasteiger partial charge in [0.15, 0.2) is 0 Å². The van der Waals surface area contributed by atoms with E-state index in [-0.39, 0.29) is 24.9 Å². The number of carbonyl (C=O) groups is 2. The van der Waals surface area contributed by atoms with Gasteiger partial charge in [-0.1, -0.05) is 35.9 Å². The van der Waals surface area contributed by atoms with E-state index in [0.717, 1.165) is 5.69 Å². The van der Waals surface area contributed by atoms with Crippen molar-refractivity contribution >= 4 is 29.1 Å². The topological polar surface area (TPSA) is 55.9 Å². The van der Waals surface area contributed by atoms with Crippen molar-refractivity contribution in [3.63, 3.8) is 0 Å². The van der Waals surface area contributed by atoms with E-state index in [4.69, 9.17) is 11.6 Å². The number of benzene rings is 2. The lowest BCUT2D eigenvalue weighted by Crippen LogP contribution is -2.51. The lowest BCUT2D eigenvalue weighted by atomic mass is 10.2. The van der Waals surface area contributed by atoms with Gasteiger partial charge in [0.25, 0.3) is 0 Å². The van der Waals surface area contributed by atoms with Crippen molar-refractivity contribution in [2.24, 2.45) is 0 Å². The van der Waals surface area contributed by atoms with Crippen LogP contribution in [0.15, 0.2) is 48.5 Å². The molecule has 0 bridgehead atoms. The maximum absolute atomic E-state index is 13.9. The molecule has 0 spiro atoms. The SMILES string of the molecule is CN(Cc1c(F)cccc1Cl)C(=O)CN1CCN(CC(=O)Nc2ccccc2)CC1. The highest BCUT2D eigenvalue weighted by atomic mass is 35.5. The summed E-state index contributed by atoms with van der Waals surface area (Å²) in [5.41, 5.74) is 1.11. The second-order valence-corrected chi connectivity index (χ2v) is 7.82. The van der Waals surface area contributed by atoms with Gasteiger partial charge in [-0.15, -0.1) is 0 Å². The van der Waals surface area contributed by atoms with E-state index >= 15 is 0 Å². The number of hydrogen-bond acceptors (Lipinski definition) is 4. The summed E-state index contributed by atoms with van der Waals surface area (Å²) in [7, 11) is 1.65. The number of nitrogens with one attached hydrogen (secondary N) is 1. The summed E-state index contributed by atoms with van der Waals surface area (Å²) < 4.78 is 13.9. The Kier molecular flexibility index (Phi) is 7.79. The zero-order chi connectivity index (χ0) is 21.5. The average molecular weight is 433 g/mol. The van der Waals surface area contributed by atoms with Crippen molar-refractivity contribution in [3.05, 3.63) is 64.9 Å². The molecule has 0 aromatic heterocycles. The number of amides is 2. The lowest BCUT2D eigenvalue weighted by Gasteiger charge is -2.34. The van der Waals surface area contributed by atoms with E-state index < -0.39 is 5.82 Å². The molecule has 8 heteroatoms. The Morgan fingerprint density at radius 1 is 1.00 bits per heavy atom. The van der Waals surface area contributed by atoms with E-state index in [9.17, 15) is 14.0 Å². The number of likely N-dealkylation sites (N-methyl/N-ethyl adjacent to an activating group) is 1. The number of nitrogens with zero attached hydrogens (tertiary/aromatic N) is 3. The van der Waals surface area contributed by atoms with E-state index in [0.29, 0.717) is 43.3 Å². The van der Waals surface area contributed by atoms with Crippen LogP contribution in [-0.2, 0) is 16.1 Å². The number of anilines is 1. The molecule has 1 heterocycles. The van der Waals surface area contributed by atoms with Crippen LogP contribution in [0.4, 0.5) is 10.1 Å². The van der Waals surface area contributed by atoms with Gasteiger partial charge in [-0.2, -0.15) is 0 Å². The molecule has 2 amide bonds. The Morgan fingerprint density at radius 3 is 2.27 bits per heavy atom. The molecule has 30 heavy (non-hydrogen) atoms. The van der Waals surface area contributed by atoms with Crippen LogP contribution < -0.4 is 5.32 Å². The Morgan fingerprint density at radius 2 is 1.63 bits per heavy atom. The van der Waals surface area contributed by atoms with Gasteiger partial charge in [0.2, 0.25) is 11.8 Å². The van der Waals surface area contributed by atoms with Gasteiger partial charge in [-0.05, 0) is 24.3 Å². The van der Waals surface area contributed by atoms with Crippen LogP contribution >= 0.6 is 11.6 Å². The number of rotatable bonds is 7. The number of para-hydroxylation sites is 1. The Hall–Kier alpha value is -2.48. The van der Waals surface area contributed by atoms with Crippen LogP contribution in [0.25, 0.3) is 0 Å². The molecule has 0 aliphatic carbocycles. The third-order valence-corrected chi connectivity index (χ3v) is 5.49. The van der Waals surface area contributed by atoms with Crippen molar-refractivity contribution in [2.75, 3.05) is 51.6 Å². The molecule has 0 atom stereocenters. The summed E-state index contributed by atoms with van der Waals surface area (Å²) in [6, 6.07) is 13.9. The third kappa shape index (κ3) is 6.26. The highest BCUT2D eigenvalue weighted by molar-refractivity contribution is 6.31. The molecule has 2 aromatic carbocycles. The third-order valence-electron chi connectivity index (χ3n) is 5.13. The molecule has 1 aliphatic heterocycles. The molecular weight excluding hydrogens is 407 g/mol. The molecule has 1 saturated heterocycles. The first kappa shape index (κ1) is 22.2. The van der Waals surface area contributed by atoms with Crippen molar-refractivity contribution in [1.82, 2.24) is 14.7 Å². The minimum Gasteiger partial charge on any atom is -0.340 e. The fourth-order valence-electron chi connectivity index (χ4n) is 3.35. The summed E-state index contributed by atoms with van der Waals surface area (Å²) >= 11 is 6.05. The maximum Gasteiger partial charge on any atom is 0.238 e. The minimum atomic E-state index is -0.412. The molecule has 6 nitrogen and oxygen atoms in total. The first-order chi connectivity index (χ1) is 14.4. The van der Waals surface area contributed by atoms with Gasteiger partial charge in [0.05, 0.1) is 13.1 Å². The van der Waals surface area contributed by atoms with Crippen LogP contribution in [0.5, 0.6) is 0 Å². The summed E-state index contributed by atoms with van der Waals surface area (Å²) in [4.78, 5) is 30.3. The Balaban J connectivity index is 1.41. The molecular formula is C22H26ClFN4O2. The normalized spacial score (nSPS) is 15.0. The standard InChI is InChI=1S/C22H26ClFN4O2/c1-26(14-18-19(23)8-5-9-20(18)24)22(30)16-28-12-10-27(11-13-28)15-21(29)25-17-6-3-2-4-7-17/h2-9H,10-16H2,1H3,(H,25,29). The van der Waals surface area contributed by atoms with Crippen LogP contribution in [-0.4, -0.2) is 72.8 Å². The molecule has 1 fully saturated rings. The summed E-state index contributed by atoms with van der Waals surface area (Å²) in [6.07, 6.45) is 0. The zero-order valence-electron chi connectivity index (χ0n) is 17.0. The van der Waals surface area contributed by atoms with E-state index in [1.165, 1.54) is 11.0 Å². The van der Waals surface area contributed by atoms with E-state index in [1.54, 1.807) is 19.2 Å². The highest BCUT2D eigenvalue weighted by Gasteiger charge is 2.22. The highest BCUT2D eigenvalue weighted by Crippen LogP contribution is 2.20. The number of hydrogen-bond donors (Lipinski definition) is 1. The molecule has 160 valence electrons. The first-order valence-corrected chi connectivity index (χ1v) is 10.3. The van der Waals surface area contributed by atoms with Crippen LogP contribution in [0.1, 0.15) is 5.56 Å². The summed E-state index contributed by atoms with van der Waals surface area (Å²) in [5.74, 6) is -0.554. The van der Waals surface area contributed by atoms with Crippen molar-refractivity contribution in [1.29, 1.82) is 0 Å². The lowest BCUT2D eigenvalue weighted by molar-refractivity contribution is -0.132. The second kappa shape index (κ2) is 10.5. The second-order valence-electron chi connectivity index (χ2n) is 7.42. The number of carbonyl (C=O) groups excluding carboxylic acids is 2. The van der Waals surface area contributed by atoms with Crippen LogP contribution in [0.3, 0.4) is 0 Å². The monoisotopic (exact) mass is 432 g/mol. The molecule has 2 aromatic rings. The smallest absolute Gasteiger partial charge is 0.238 e. The zero-order valence-corrected chi connectivity index (χ0v) is 17.7. The van der Waals surface area contributed by atoms with E-state index in [1.807, 2.05) is 35.2 Å². The molecule has 1 N–H and O–H groups in total. The van der Waals surface area contributed by atoms with Crippen LogP contribution in [0.2, 0.25) is 5.02 Å². The fraction of sp³-hybridized carbons (Fsp3) is 0.364. The predicted molar refractivity (Wildman–Crippen MR) is 116 cm³/mol. The minimum absolute atomic E-state index is 0.0489. The largest absolute Gasteiger partial charge is 0.340 e. The van der Waals surface area contributed by atoms with Gasteiger partial charge >= 0.3 is 0 Å². The molecule has 1 aliphatic rings. The first-order valence-electron chi connectivity index (χ1n) is 9.89. The fourth-order valence-corrected chi connectivity index (χ4v) is 3.57. The van der Waals surface area contributed by atoms with Gasteiger partial charge in [-0.3, -0.25) is 19.4 Å². The average Bonchev–Trinajstić information content (AvgIpc) is 2.72. The van der Waals surface area contributed by atoms with Gasteiger partial charge in [0, 0.05) is 56.0 Å². The number of piperazine rings is 1. The molecule has 0 saturated carbocycles. The maximum atomic E-state index is 13.9. The number of halogens is 2. The van der Waals surface area contributed by atoms with Crippen molar-refractivity contribution in [3.8, 4) is 0 Å².